The van der Waals surface area contributed by atoms with Crippen LogP contribution in [0.4, 0.5) is 11.4 Å². The fourth-order valence-corrected chi connectivity index (χ4v) is 2.35. The lowest BCUT2D eigenvalue weighted by Crippen LogP contribution is -1.85. The summed E-state index contributed by atoms with van der Waals surface area (Å²) in [5.74, 6) is 0.785. The molecule has 4 aromatic rings. The van der Waals surface area contributed by atoms with Gasteiger partial charge in [-0.3, -0.25) is 0 Å². The van der Waals surface area contributed by atoms with Crippen molar-refractivity contribution in [3.63, 3.8) is 0 Å². The van der Waals surface area contributed by atoms with Gasteiger partial charge < -0.3 is 9.84 Å². The highest BCUT2D eigenvalue weighted by Gasteiger charge is 2.04. The van der Waals surface area contributed by atoms with Crippen molar-refractivity contribution in [2.45, 2.75) is 0 Å². The van der Waals surface area contributed by atoms with E-state index in [-0.39, 0.29) is 11.8 Å². The lowest BCUT2D eigenvalue weighted by Gasteiger charge is -2.03. The summed E-state index contributed by atoms with van der Waals surface area (Å²) >= 11 is 0. The van der Waals surface area contributed by atoms with Crippen LogP contribution in [0.15, 0.2) is 70.9 Å². The lowest BCUT2D eigenvalue weighted by molar-refractivity contribution is 0.442. The van der Waals surface area contributed by atoms with E-state index in [2.05, 4.69) is 30.9 Å². The molecule has 1 aromatic heterocycles. The summed E-state index contributed by atoms with van der Waals surface area (Å²) < 4.78 is 5.39. The Morgan fingerprint density at radius 1 is 0.880 bits per heavy atom. The molecule has 122 valence electrons. The topological polar surface area (TPSA) is 109 Å². The fraction of sp³-hybridized carbons (Fsp3) is 0. The van der Waals surface area contributed by atoms with E-state index in [0.717, 1.165) is 10.8 Å². The normalized spacial score (nSPS) is 11.2. The quantitative estimate of drug-likeness (QED) is 0.543. The van der Waals surface area contributed by atoms with Crippen LogP contribution in [0.3, 0.4) is 0 Å². The number of nitrogens with zero attached hydrogens (tertiary/aromatic N) is 5. The van der Waals surface area contributed by atoms with Gasteiger partial charge in [-0.05, 0) is 41.6 Å². The van der Waals surface area contributed by atoms with Crippen molar-refractivity contribution < 1.29 is 9.84 Å². The number of azo groups is 1. The maximum atomic E-state index is 9.91. The summed E-state index contributed by atoms with van der Waals surface area (Å²) in [5, 5.41) is 33.2. The van der Waals surface area contributed by atoms with E-state index in [1.165, 1.54) is 0 Å². The van der Waals surface area contributed by atoms with Crippen molar-refractivity contribution in [1.82, 2.24) is 20.6 Å². The first-order chi connectivity index (χ1) is 12.3. The molecular formula is C17H12N6O2. The van der Waals surface area contributed by atoms with Gasteiger partial charge in [0.2, 0.25) is 0 Å². The van der Waals surface area contributed by atoms with Crippen molar-refractivity contribution in [3.05, 3.63) is 60.7 Å². The number of ether oxygens (including phenoxy) is 1. The Morgan fingerprint density at radius 2 is 1.68 bits per heavy atom. The van der Waals surface area contributed by atoms with E-state index in [4.69, 9.17) is 4.74 Å². The van der Waals surface area contributed by atoms with Gasteiger partial charge in [0.25, 0.3) is 0 Å². The molecule has 0 saturated heterocycles. The number of aromatic nitrogens is 4. The van der Waals surface area contributed by atoms with Crippen LogP contribution < -0.4 is 4.74 Å². The first-order valence-electron chi connectivity index (χ1n) is 7.43. The Kier molecular flexibility index (Phi) is 3.76. The maximum absolute atomic E-state index is 9.91. The first kappa shape index (κ1) is 14.8. The molecule has 3 aromatic carbocycles. The molecule has 0 radical (unpaired) electrons. The highest BCUT2D eigenvalue weighted by atomic mass is 16.5. The number of aromatic amines is 1. The van der Waals surface area contributed by atoms with Crippen molar-refractivity contribution in [2.75, 3.05) is 0 Å². The highest BCUT2D eigenvalue weighted by Crippen LogP contribution is 2.33. The molecule has 0 atom stereocenters. The Balaban J connectivity index is 1.57. The zero-order chi connectivity index (χ0) is 17.1. The van der Waals surface area contributed by atoms with Crippen molar-refractivity contribution >= 4 is 22.1 Å². The molecule has 8 nitrogen and oxygen atoms in total. The second-order valence-corrected chi connectivity index (χ2v) is 5.14. The Hall–Kier alpha value is -3.81. The van der Waals surface area contributed by atoms with Gasteiger partial charge in [-0.1, -0.05) is 34.5 Å². The highest BCUT2D eigenvalue weighted by molar-refractivity contribution is 5.96. The van der Waals surface area contributed by atoms with Crippen LogP contribution in [0, 0.1) is 0 Å². The van der Waals surface area contributed by atoms with Gasteiger partial charge in [0.1, 0.15) is 11.5 Å². The minimum absolute atomic E-state index is 0.143. The molecule has 0 spiro atoms. The van der Waals surface area contributed by atoms with Crippen molar-refractivity contribution in [3.8, 4) is 17.5 Å². The van der Waals surface area contributed by atoms with E-state index in [9.17, 15) is 5.11 Å². The Labute approximate surface area is 141 Å². The van der Waals surface area contributed by atoms with Crippen molar-refractivity contribution in [2.24, 2.45) is 10.2 Å². The molecule has 0 saturated carbocycles. The molecule has 0 unspecified atom stereocenters. The van der Waals surface area contributed by atoms with Crippen LogP contribution in [0.5, 0.6) is 17.5 Å². The second kappa shape index (κ2) is 6.36. The molecule has 2 N–H and O–H groups in total. The molecule has 0 amide bonds. The second-order valence-electron chi connectivity index (χ2n) is 5.14. The predicted octanol–water partition coefficient (Wildman–Crippen LogP) is 4.27. The number of nitrogens with one attached hydrogen (secondary N) is 1. The van der Waals surface area contributed by atoms with Gasteiger partial charge in [0.05, 0.1) is 11.4 Å². The Morgan fingerprint density at radius 3 is 2.44 bits per heavy atom. The number of fused-ring (bicyclic) bond motifs is 1. The van der Waals surface area contributed by atoms with Gasteiger partial charge in [-0.2, -0.15) is 10.3 Å². The van der Waals surface area contributed by atoms with Gasteiger partial charge in [-0.25, -0.2) is 0 Å². The van der Waals surface area contributed by atoms with E-state index in [1.54, 1.807) is 36.4 Å². The number of phenolic OH excluding ortho intramolecular Hbond substituents is 1. The first-order valence-corrected chi connectivity index (χ1v) is 7.43. The Bertz CT molecular complexity index is 1030. The molecule has 0 aliphatic heterocycles. The van der Waals surface area contributed by atoms with Crippen LogP contribution >= 0.6 is 0 Å². The number of benzene rings is 3. The average molecular weight is 332 g/mol. The molecule has 1 heterocycles. The lowest BCUT2D eigenvalue weighted by atomic mass is 10.1. The summed E-state index contributed by atoms with van der Waals surface area (Å²) in [7, 11) is 0. The number of hydrogen-bond donors (Lipinski definition) is 2. The third kappa shape index (κ3) is 3.13. The number of hydrogen-bond acceptors (Lipinski definition) is 7. The van der Waals surface area contributed by atoms with Gasteiger partial charge in [0, 0.05) is 10.8 Å². The third-order valence-electron chi connectivity index (χ3n) is 3.52. The van der Waals surface area contributed by atoms with Crippen LogP contribution in [-0.4, -0.2) is 25.7 Å². The summed E-state index contributed by atoms with van der Waals surface area (Å²) in [4.78, 5) is 0. The summed E-state index contributed by atoms with van der Waals surface area (Å²) in [6, 6.07) is 18.0. The zero-order valence-electron chi connectivity index (χ0n) is 12.9. The van der Waals surface area contributed by atoms with E-state index < -0.39 is 0 Å². The SMILES string of the molecule is Oc1ccc(N=Nc2ccc(Oc3nn[nH]n3)cc2)c2ccccc12. The summed E-state index contributed by atoms with van der Waals surface area (Å²) in [6.07, 6.45) is 0. The van der Waals surface area contributed by atoms with Gasteiger partial charge in [-0.15, -0.1) is 5.11 Å². The smallest absolute Gasteiger partial charge is 0.361 e. The molecule has 0 aliphatic rings. The minimum Gasteiger partial charge on any atom is -0.507 e. The van der Waals surface area contributed by atoms with Crippen LogP contribution in [-0.2, 0) is 0 Å². The van der Waals surface area contributed by atoms with E-state index >= 15 is 0 Å². The predicted molar refractivity (Wildman–Crippen MR) is 90.5 cm³/mol. The molecule has 0 aliphatic carbocycles. The van der Waals surface area contributed by atoms with Crippen LogP contribution in [0.25, 0.3) is 10.8 Å². The summed E-state index contributed by atoms with van der Waals surface area (Å²) in [6.45, 7) is 0. The molecule has 0 fully saturated rings. The summed E-state index contributed by atoms with van der Waals surface area (Å²) in [5.41, 5.74) is 1.35. The number of phenols is 1. The third-order valence-corrected chi connectivity index (χ3v) is 3.52. The van der Waals surface area contributed by atoms with E-state index in [1.807, 2.05) is 24.3 Å². The molecular weight excluding hydrogens is 320 g/mol. The van der Waals surface area contributed by atoms with Crippen LogP contribution in [0.1, 0.15) is 0 Å². The molecule has 4 rings (SSSR count). The zero-order valence-corrected chi connectivity index (χ0v) is 12.9. The molecule has 0 bridgehead atoms. The minimum atomic E-state index is 0.143. The molecule has 8 heteroatoms. The number of tetrazole rings is 1. The average Bonchev–Trinajstić information content (AvgIpc) is 3.16. The van der Waals surface area contributed by atoms with Gasteiger partial charge >= 0.3 is 6.01 Å². The van der Waals surface area contributed by atoms with Gasteiger partial charge in [0.15, 0.2) is 0 Å². The van der Waals surface area contributed by atoms with Crippen LogP contribution in [0.2, 0.25) is 0 Å². The molecule has 25 heavy (non-hydrogen) atoms. The van der Waals surface area contributed by atoms with E-state index in [0.29, 0.717) is 17.1 Å². The van der Waals surface area contributed by atoms with Crippen molar-refractivity contribution in [1.29, 1.82) is 0 Å². The number of aromatic hydroxyl groups is 1. The fourth-order valence-electron chi connectivity index (χ4n) is 2.35. The largest absolute Gasteiger partial charge is 0.507 e. The maximum Gasteiger partial charge on any atom is 0.361 e. The number of H-pyrrole nitrogens is 1. The number of rotatable bonds is 4. The standard InChI is InChI=1S/C17H12N6O2/c24-16-10-9-15(13-3-1-2-4-14(13)16)19-18-11-5-7-12(8-6-11)25-17-20-22-23-21-17/h1-10,24H,(H,20,21,22,23). The monoisotopic (exact) mass is 332 g/mol.